The lowest BCUT2D eigenvalue weighted by Crippen LogP contribution is -2.24. The van der Waals surface area contributed by atoms with Gasteiger partial charge in [0.15, 0.2) is 0 Å². The zero-order valence-electron chi connectivity index (χ0n) is 8.19. The molecular formula is C6H13N7O2. The van der Waals surface area contributed by atoms with Crippen molar-refractivity contribution in [1.29, 1.82) is 0 Å². The van der Waals surface area contributed by atoms with Gasteiger partial charge in [-0.05, 0) is 11.1 Å². The molecule has 0 bridgehead atoms. The predicted molar refractivity (Wildman–Crippen MR) is 52.8 cm³/mol. The SMILES string of the molecule is [N-]=[N+]=NCCOCCOCC(N)N=[N+]=[N-]. The van der Waals surface area contributed by atoms with Crippen LogP contribution in [0.2, 0.25) is 0 Å². The van der Waals surface area contributed by atoms with E-state index in [2.05, 4.69) is 20.1 Å². The number of hydrogen-bond donors (Lipinski definition) is 1. The summed E-state index contributed by atoms with van der Waals surface area (Å²) in [7, 11) is 0. The molecule has 1 unspecified atom stereocenters. The molecule has 15 heavy (non-hydrogen) atoms. The number of nitrogens with two attached hydrogens (primary N) is 1. The maximum absolute atomic E-state index is 8.02. The lowest BCUT2D eigenvalue weighted by Gasteiger charge is -2.06. The standard InChI is InChI=1S/C6H13N7O2/c7-6(11-13-9)5-15-4-3-14-2-1-10-12-8/h6H,1-5,7H2. The zero-order chi connectivity index (χ0) is 11.4. The molecule has 84 valence electrons. The highest BCUT2D eigenvalue weighted by atomic mass is 16.5. The Bertz CT molecular complexity index is 246. The van der Waals surface area contributed by atoms with E-state index in [4.69, 9.17) is 26.3 Å². The maximum atomic E-state index is 8.02. The number of nitrogens with zero attached hydrogens (tertiary/aromatic N) is 6. The normalized spacial score (nSPS) is 11.3. The second kappa shape index (κ2) is 10.6. The number of rotatable bonds is 9. The van der Waals surface area contributed by atoms with Gasteiger partial charge in [0.2, 0.25) is 0 Å². The van der Waals surface area contributed by atoms with Crippen molar-refractivity contribution >= 4 is 0 Å². The molecule has 9 heteroatoms. The number of ether oxygens (including phenoxy) is 2. The fourth-order valence-corrected chi connectivity index (χ4v) is 0.674. The summed E-state index contributed by atoms with van der Waals surface area (Å²) in [4.78, 5) is 5.09. The van der Waals surface area contributed by atoms with E-state index >= 15 is 0 Å². The Labute approximate surface area is 86.4 Å². The Balaban J connectivity index is 3.17. The van der Waals surface area contributed by atoms with Gasteiger partial charge in [-0.3, -0.25) is 0 Å². The van der Waals surface area contributed by atoms with Crippen molar-refractivity contribution < 1.29 is 9.47 Å². The van der Waals surface area contributed by atoms with E-state index in [0.717, 1.165) is 0 Å². The van der Waals surface area contributed by atoms with Crippen LogP contribution in [-0.2, 0) is 9.47 Å². The van der Waals surface area contributed by atoms with Gasteiger partial charge in [0.1, 0.15) is 6.17 Å². The first-order chi connectivity index (χ1) is 7.31. The zero-order valence-corrected chi connectivity index (χ0v) is 8.19. The highest BCUT2D eigenvalue weighted by Gasteiger charge is 1.97. The summed E-state index contributed by atoms with van der Waals surface area (Å²) in [6.07, 6.45) is -0.668. The topological polar surface area (TPSA) is 142 Å². The molecule has 0 saturated heterocycles. The van der Waals surface area contributed by atoms with E-state index < -0.39 is 6.17 Å². The van der Waals surface area contributed by atoms with Crippen LogP contribution in [0.15, 0.2) is 10.2 Å². The van der Waals surface area contributed by atoms with E-state index in [1.54, 1.807) is 0 Å². The van der Waals surface area contributed by atoms with Crippen molar-refractivity contribution in [2.75, 3.05) is 33.0 Å². The lowest BCUT2D eigenvalue weighted by molar-refractivity contribution is 0.0460. The lowest BCUT2D eigenvalue weighted by atomic mass is 10.6. The summed E-state index contributed by atoms with van der Waals surface area (Å²) >= 11 is 0. The van der Waals surface area contributed by atoms with Crippen LogP contribution in [0, 0.1) is 0 Å². The monoisotopic (exact) mass is 215 g/mol. The van der Waals surface area contributed by atoms with Crippen LogP contribution in [0.1, 0.15) is 0 Å². The first kappa shape index (κ1) is 13.5. The van der Waals surface area contributed by atoms with Gasteiger partial charge in [0.05, 0.1) is 26.4 Å². The van der Waals surface area contributed by atoms with Crippen molar-refractivity contribution in [1.82, 2.24) is 0 Å². The van der Waals surface area contributed by atoms with Gasteiger partial charge in [-0.2, -0.15) is 0 Å². The molecule has 0 aliphatic rings. The molecule has 0 aliphatic carbocycles. The average Bonchev–Trinajstić information content (AvgIpc) is 2.22. The first-order valence-corrected chi connectivity index (χ1v) is 4.27. The van der Waals surface area contributed by atoms with Gasteiger partial charge in [-0.25, -0.2) is 0 Å². The van der Waals surface area contributed by atoms with E-state index in [9.17, 15) is 0 Å². The van der Waals surface area contributed by atoms with E-state index in [-0.39, 0.29) is 6.61 Å². The summed E-state index contributed by atoms with van der Waals surface area (Å²) in [6.45, 7) is 1.54. The molecule has 0 saturated carbocycles. The summed E-state index contributed by atoms with van der Waals surface area (Å²) in [5.74, 6) is 0. The quantitative estimate of drug-likeness (QED) is 0.264. The van der Waals surface area contributed by atoms with Crippen LogP contribution >= 0.6 is 0 Å². The molecular weight excluding hydrogens is 202 g/mol. The third-order valence-electron chi connectivity index (χ3n) is 1.26. The van der Waals surface area contributed by atoms with Gasteiger partial charge in [-0.15, -0.1) is 0 Å². The molecule has 0 rings (SSSR count). The molecule has 0 radical (unpaired) electrons. The van der Waals surface area contributed by atoms with Crippen molar-refractivity contribution in [2.24, 2.45) is 16.0 Å². The predicted octanol–water partition coefficient (Wildman–Crippen LogP) is 0.925. The molecule has 0 aromatic rings. The Kier molecular flexibility index (Phi) is 9.52. The molecule has 0 spiro atoms. The van der Waals surface area contributed by atoms with Crippen molar-refractivity contribution in [3.63, 3.8) is 0 Å². The van der Waals surface area contributed by atoms with Gasteiger partial charge >= 0.3 is 0 Å². The van der Waals surface area contributed by atoms with Crippen molar-refractivity contribution in [3.05, 3.63) is 20.9 Å². The Hall–Kier alpha value is -1.50. The third kappa shape index (κ3) is 10.4. The molecule has 9 nitrogen and oxygen atoms in total. The Morgan fingerprint density at radius 1 is 1.13 bits per heavy atom. The van der Waals surface area contributed by atoms with Crippen molar-refractivity contribution in [3.8, 4) is 0 Å². The largest absolute Gasteiger partial charge is 0.379 e. The molecule has 0 aliphatic heterocycles. The smallest absolute Gasteiger partial charge is 0.107 e. The Morgan fingerprint density at radius 2 is 1.87 bits per heavy atom. The fraction of sp³-hybridized carbons (Fsp3) is 1.00. The molecule has 2 N–H and O–H groups in total. The van der Waals surface area contributed by atoms with Crippen LogP contribution < -0.4 is 5.73 Å². The van der Waals surface area contributed by atoms with Gasteiger partial charge in [0.25, 0.3) is 0 Å². The van der Waals surface area contributed by atoms with E-state index in [1.807, 2.05) is 0 Å². The summed E-state index contributed by atoms with van der Waals surface area (Å²) in [5, 5.41) is 6.50. The van der Waals surface area contributed by atoms with Gasteiger partial charge in [-0.1, -0.05) is 10.2 Å². The van der Waals surface area contributed by atoms with Gasteiger partial charge in [0, 0.05) is 16.4 Å². The summed E-state index contributed by atoms with van der Waals surface area (Å²) in [5.41, 5.74) is 21.3. The minimum absolute atomic E-state index is 0.157. The third-order valence-corrected chi connectivity index (χ3v) is 1.26. The van der Waals surface area contributed by atoms with Crippen LogP contribution in [0.3, 0.4) is 0 Å². The number of azide groups is 2. The molecule has 0 aromatic carbocycles. The minimum atomic E-state index is -0.668. The summed E-state index contributed by atoms with van der Waals surface area (Å²) in [6, 6.07) is 0. The summed E-state index contributed by atoms with van der Waals surface area (Å²) < 4.78 is 10.1. The highest BCUT2D eigenvalue weighted by molar-refractivity contribution is 4.56. The number of hydrogen-bond acceptors (Lipinski definition) is 5. The fourth-order valence-electron chi connectivity index (χ4n) is 0.674. The molecule has 0 amide bonds. The Morgan fingerprint density at radius 3 is 2.53 bits per heavy atom. The molecule has 0 aromatic heterocycles. The van der Waals surface area contributed by atoms with Gasteiger partial charge < -0.3 is 15.2 Å². The first-order valence-electron chi connectivity index (χ1n) is 4.27. The maximum Gasteiger partial charge on any atom is 0.107 e. The van der Waals surface area contributed by atoms with E-state index in [0.29, 0.717) is 26.4 Å². The van der Waals surface area contributed by atoms with E-state index in [1.165, 1.54) is 0 Å². The van der Waals surface area contributed by atoms with Crippen LogP contribution in [0.5, 0.6) is 0 Å². The average molecular weight is 215 g/mol. The highest BCUT2D eigenvalue weighted by Crippen LogP contribution is 1.85. The van der Waals surface area contributed by atoms with Crippen molar-refractivity contribution in [2.45, 2.75) is 6.17 Å². The minimum Gasteiger partial charge on any atom is -0.379 e. The second-order valence-electron chi connectivity index (χ2n) is 2.41. The van der Waals surface area contributed by atoms with Crippen LogP contribution in [-0.4, -0.2) is 39.1 Å². The second-order valence-corrected chi connectivity index (χ2v) is 2.41. The van der Waals surface area contributed by atoms with Crippen LogP contribution in [0.25, 0.3) is 20.9 Å². The molecule has 0 fully saturated rings. The van der Waals surface area contributed by atoms with Crippen LogP contribution in [0.4, 0.5) is 0 Å². The molecule has 0 heterocycles. The molecule has 1 atom stereocenters.